The van der Waals surface area contributed by atoms with Gasteiger partial charge in [0.1, 0.15) is 0 Å². The minimum atomic E-state index is -0.189. The Hall–Kier alpha value is -6.67. The van der Waals surface area contributed by atoms with Gasteiger partial charge in [-0.1, -0.05) is 84.9 Å². The zero-order chi connectivity index (χ0) is 36.9. The van der Waals surface area contributed by atoms with Crippen molar-refractivity contribution in [2.75, 3.05) is 6.61 Å². The number of H-pyrrole nitrogens is 1. The zero-order valence-corrected chi connectivity index (χ0v) is 30.3. The number of ether oxygens (including phenoxy) is 1. The third kappa shape index (κ3) is 4.48. The van der Waals surface area contributed by atoms with Gasteiger partial charge in [-0.2, -0.15) is 0 Å². The molecule has 8 nitrogen and oxygen atoms in total. The van der Waals surface area contributed by atoms with Crippen molar-refractivity contribution in [1.82, 2.24) is 20.2 Å². The first kappa shape index (κ1) is 31.8. The van der Waals surface area contributed by atoms with Gasteiger partial charge in [-0.25, -0.2) is 0 Å². The predicted molar refractivity (Wildman–Crippen MR) is 215 cm³/mol. The molecule has 6 aromatic carbocycles. The number of hydrogen-bond acceptors (Lipinski definition) is 4. The summed E-state index contributed by atoms with van der Waals surface area (Å²) in [5.74, 6) is -0.121. The molecular weight excluding hydrogens is 685 g/mol. The van der Waals surface area contributed by atoms with Crippen molar-refractivity contribution in [2.24, 2.45) is 0 Å². The number of benzene rings is 6. The molecule has 0 radical (unpaired) electrons. The molecule has 0 fully saturated rings. The highest BCUT2D eigenvalue weighted by molar-refractivity contribution is 6.21. The van der Waals surface area contributed by atoms with E-state index in [1.165, 1.54) is 44.1 Å². The number of para-hydroxylation sites is 2. The van der Waals surface area contributed by atoms with Gasteiger partial charge in [0.25, 0.3) is 11.8 Å². The fourth-order valence-electron chi connectivity index (χ4n) is 9.90. The minimum Gasteiger partial charge on any atom is -0.466 e. The van der Waals surface area contributed by atoms with Crippen LogP contribution in [-0.4, -0.2) is 33.9 Å². The summed E-state index contributed by atoms with van der Waals surface area (Å²) in [5.41, 5.74) is 18.0. The van der Waals surface area contributed by atoms with Gasteiger partial charge in [0, 0.05) is 76.2 Å². The van der Waals surface area contributed by atoms with Gasteiger partial charge in [0.2, 0.25) is 0 Å². The van der Waals surface area contributed by atoms with Gasteiger partial charge in [-0.3, -0.25) is 14.4 Å². The fourth-order valence-corrected chi connectivity index (χ4v) is 9.90. The van der Waals surface area contributed by atoms with E-state index in [0.717, 1.165) is 79.1 Å². The van der Waals surface area contributed by atoms with Crippen LogP contribution in [0.4, 0.5) is 0 Å². The van der Waals surface area contributed by atoms with Crippen LogP contribution in [0.5, 0.6) is 0 Å². The number of aromatic nitrogens is 2. The van der Waals surface area contributed by atoms with Gasteiger partial charge >= 0.3 is 5.97 Å². The van der Waals surface area contributed by atoms with Crippen molar-refractivity contribution in [2.45, 2.75) is 45.8 Å². The number of rotatable bonds is 4. The Morgan fingerprint density at radius 2 is 1.24 bits per heavy atom. The van der Waals surface area contributed by atoms with E-state index < -0.39 is 0 Å². The van der Waals surface area contributed by atoms with E-state index in [2.05, 4.69) is 99.0 Å². The highest BCUT2D eigenvalue weighted by Gasteiger charge is 2.36. The molecule has 8 aromatic rings. The number of aryl methyl sites for hydroxylation is 1. The number of hydrogen-bond donors (Lipinski definition) is 3. The largest absolute Gasteiger partial charge is 0.466 e. The van der Waals surface area contributed by atoms with E-state index in [0.29, 0.717) is 32.7 Å². The number of carbonyl (C=O) groups is 3. The summed E-state index contributed by atoms with van der Waals surface area (Å²) >= 11 is 0. The Labute approximate surface area is 316 Å². The smallest absolute Gasteiger partial charge is 0.307 e. The van der Waals surface area contributed by atoms with Gasteiger partial charge in [0.05, 0.1) is 35.2 Å². The molecule has 0 saturated heterocycles. The lowest BCUT2D eigenvalue weighted by atomic mass is 9.92. The monoisotopic (exact) mass is 720 g/mol. The van der Waals surface area contributed by atoms with Crippen LogP contribution in [0.15, 0.2) is 97.1 Å². The van der Waals surface area contributed by atoms with Crippen molar-refractivity contribution >= 4 is 61.4 Å². The van der Waals surface area contributed by atoms with Gasteiger partial charge < -0.3 is 24.9 Å². The van der Waals surface area contributed by atoms with Crippen molar-refractivity contribution in [1.29, 1.82) is 0 Å². The molecule has 2 aromatic heterocycles. The lowest BCUT2D eigenvalue weighted by Gasteiger charge is -2.13. The molecule has 2 amide bonds. The highest BCUT2D eigenvalue weighted by Crippen LogP contribution is 2.49. The molecule has 12 rings (SSSR count). The summed E-state index contributed by atoms with van der Waals surface area (Å²) in [6.45, 7) is 3.91. The molecule has 268 valence electrons. The normalized spacial score (nSPS) is 14.3. The maximum atomic E-state index is 12.9. The average molecular weight is 721 g/mol. The highest BCUT2D eigenvalue weighted by atomic mass is 16.5. The van der Waals surface area contributed by atoms with Crippen LogP contribution in [0, 0.1) is 0 Å². The second-order valence-electron chi connectivity index (χ2n) is 14.8. The number of aromatic amines is 1. The van der Waals surface area contributed by atoms with E-state index >= 15 is 0 Å². The first-order valence-corrected chi connectivity index (χ1v) is 19.1. The van der Waals surface area contributed by atoms with Gasteiger partial charge in [-0.05, 0) is 63.6 Å². The first-order chi connectivity index (χ1) is 27.0. The molecule has 4 heterocycles. The topological polar surface area (TPSA) is 105 Å². The third-order valence-corrected chi connectivity index (χ3v) is 12.0. The quantitative estimate of drug-likeness (QED) is 0.158. The third-order valence-electron chi connectivity index (χ3n) is 12.0. The van der Waals surface area contributed by atoms with Crippen LogP contribution >= 0.6 is 0 Å². The van der Waals surface area contributed by atoms with Gasteiger partial charge in [0.15, 0.2) is 0 Å². The first-order valence-electron chi connectivity index (χ1n) is 19.1. The SMILES string of the molecule is CCOC(=O)CCn1c2ccccc2c2c3c(c4c(c21)Cc1ccccc1-4)C(=O)NC3.O=C1NCc2c1c1c(c3[nH]c4ccccc4c23)Cc2ccccc2-1. The number of nitrogens with one attached hydrogen (secondary N) is 3. The molecule has 2 aliphatic carbocycles. The molecular formula is C47H36N4O4. The number of nitrogens with zero attached hydrogens (tertiary/aromatic N) is 1. The number of esters is 1. The van der Waals surface area contributed by atoms with E-state index in [1.54, 1.807) is 0 Å². The zero-order valence-electron chi connectivity index (χ0n) is 30.3. The minimum absolute atomic E-state index is 0.00760. The summed E-state index contributed by atoms with van der Waals surface area (Å²) < 4.78 is 7.45. The van der Waals surface area contributed by atoms with E-state index in [9.17, 15) is 14.4 Å². The lowest BCUT2D eigenvalue weighted by molar-refractivity contribution is -0.143. The standard InChI is InChI=1S/C26H22N2O3.C21H14N2O/c1-2-31-21(29)11-12-28-20-10-6-5-9-17(20)23-19-14-27-26(30)24(19)22-16-8-4-3-7-15(16)13-18(22)25(23)28;24-21-19-15(10-22-21)18-13-7-3-4-8-16(13)23-20(18)14-9-11-5-1-2-6-12(11)17(14)19/h3-10H,2,11-14H2,1H3,(H,27,30);1-8,23H,9-10H2,(H,22,24). The Balaban J connectivity index is 0.000000132. The molecule has 3 N–H and O–H groups in total. The molecule has 0 spiro atoms. The molecule has 0 unspecified atom stereocenters. The Morgan fingerprint density at radius 3 is 1.95 bits per heavy atom. The Bertz CT molecular complexity index is 3020. The van der Waals surface area contributed by atoms with Crippen molar-refractivity contribution in [3.63, 3.8) is 0 Å². The summed E-state index contributed by atoms with van der Waals surface area (Å²) in [5, 5.41) is 10.8. The van der Waals surface area contributed by atoms with E-state index in [1.807, 2.05) is 25.1 Å². The Morgan fingerprint density at radius 1 is 0.655 bits per heavy atom. The number of carbonyl (C=O) groups excluding carboxylic acids is 3. The fraction of sp³-hybridized carbons (Fsp3) is 0.170. The summed E-state index contributed by atoms with van der Waals surface area (Å²) in [7, 11) is 0. The van der Waals surface area contributed by atoms with E-state index in [4.69, 9.17) is 4.74 Å². The van der Waals surface area contributed by atoms with E-state index in [-0.39, 0.29) is 17.8 Å². The summed E-state index contributed by atoms with van der Waals surface area (Å²) in [6, 6.07) is 33.5. The summed E-state index contributed by atoms with van der Waals surface area (Å²) in [6.07, 6.45) is 1.99. The van der Waals surface area contributed by atoms with Crippen LogP contribution in [0.25, 0.3) is 65.9 Å². The van der Waals surface area contributed by atoms with Crippen LogP contribution < -0.4 is 10.6 Å². The average Bonchev–Trinajstić information content (AvgIpc) is 4.05. The van der Waals surface area contributed by atoms with Crippen molar-refractivity contribution in [3.05, 3.63) is 142 Å². The Kier molecular flexibility index (Phi) is 6.89. The number of amides is 2. The summed E-state index contributed by atoms with van der Waals surface area (Å²) in [4.78, 5) is 41.3. The predicted octanol–water partition coefficient (Wildman–Crippen LogP) is 8.70. The molecule has 0 bridgehead atoms. The van der Waals surface area contributed by atoms with Crippen LogP contribution in [0.1, 0.15) is 67.4 Å². The molecule has 0 saturated carbocycles. The molecule has 0 atom stereocenters. The maximum absolute atomic E-state index is 12.9. The number of fused-ring (bicyclic) bond motifs is 20. The van der Waals surface area contributed by atoms with Crippen molar-refractivity contribution in [3.8, 4) is 22.3 Å². The maximum Gasteiger partial charge on any atom is 0.307 e. The molecule has 4 aliphatic rings. The second-order valence-corrected chi connectivity index (χ2v) is 14.8. The van der Waals surface area contributed by atoms with Crippen LogP contribution in [0.2, 0.25) is 0 Å². The van der Waals surface area contributed by atoms with Gasteiger partial charge in [-0.15, -0.1) is 0 Å². The van der Waals surface area contributed by atoms with Crippen LogP contribution in [-0.2, 0) is 42.0 Å². The molecule has 55 heavy (non-hydrogen) atoms. The molecule has 2 aliphatic heterocycles. The lowest BCUT2D eigenvalue weighted by Crippen LogP contribution is -2.13. The van der Waals surface area contributed by atoms with Crippen LogP contribution in [0.3, 0.4) is 0 Å². The van der Waals surface area contributed by atoms with Crippen molar-refractivity contribution < 1.29 is 19.1 Å². The second kappa shape index (κ2) is 11.9. The molecule has 8 heteroatoms.